The lowest BCUT2D eigenvalue weighted by Crippen LogP contribution is -2.00. The molecule has 0 aliphatic heterocycles. The van der Waals surface area contributed by atoms with Crippen LogP contribution in [0.2, 0.25) is 0 Å². The molecule has 0 amide bonds. The average Bonchev–Trinajstić information content (AvgIpc) is 1.36. The van der Waals surface area contributed by atoms with Crippen LogP contribution in [0, 0.1) is 10.1 Å². The molecule has 0 aliphatic carbocycles. The van der Waals surface area contributed by atoms with Crippen LogP contribution in [-0.4, -0.2) is 8.78 Å². The van der Waals surface area contributed by atoms with E-state index in [1.54, 1.807) is 0 Å². The summed E-state index contributed by atoms with van der Waals surface area (Å²) in [7, 11) is 0. The zero-order valence-corrected chi connectivity index (χ0v) is 5.77. The second-order valence-corrected chi connectivity index (χ2v) is 3.53. The van der Waals surface area contributed by atoms with Gasteiger partial charge in [-0.15, -0.1) is 0 Å². The van der Waals surface area contributed by atoms with Crippen LogP contribution in [0.1, 0.15) is 0 Å². The molecule has 5 heteroatoms. The third-order valence-corrected chi connectivity index (χ3v) is 0.828. The molecule has 0 N–H and O–H groups in total. The van der Waals surface area contributed by atoms with Crippen molar-refractivity contribution in [1.29, 1.82) is 0 Å². The Kier molecular flexibility index (Phi) is 2.67. The summed E-state index contributed by atoms with van der Waals surface area (Å²) in [6.07, 6.45) is 0. The number of alkyl halides is 2. The molecule has 0 aromatic carbocycles. The molecule has 0 atom stereocenters. The molecule has 0 heterocycles. The molecule has 0 spiro atoms. The van der Waals surface area contributed by atoms with Crippen LogP contribution in [0.25, 0.3) is 0 Å². The fourth-order valence-corrected chi connectivity index (χ4v) is 0. The predicted molar refractivity (Wildman–Crippen MR) is 28.6 cm³/mol. The van der Waals surface area contributed by atoms with Gasteiger partial charge in [0.05, 0.1) is 0 Å². The van der Waals surface area contributed by atoms with Gasteiger partial charge >= 0.3 is 3.86 Å². The van der Waals surface area contributed by atoms with Crippen LogP contribution < -0.4 is 0 Å². The lowest BCUT2D eigenvalue weighted by atomic mass is 11.5. The van der Waals surface area contributed by atoms with E-state index in [1.807, 2.05) is 0 Å². The molecule has 0 saturated heterocycles. The van der Waals surface area contributed by atoms with Crippen LogP contribution in [0.3, 0.4) is 0 Å². The Morgan fingerprint density at radius 2 is 1.83 bits per heavy atom. The maximum absolute atomic E-state index is 9.41. The Bertz CT molecular complexity index is 62.6. The number of hydrogen-bond acceptors (Lipinski definition) is 2. The summed E-state index contributed by atoms with van der Waals surface area (Å²) in [5.41, 5.74) is 0. The Morgan fingerprint density at radius 3 is 1.83 bits per heavy atom. The van der Waals surface area contributed by atoms with Gasteiger partial charge in [0.1, 0.15) is 0 Å². The highest BCUT2D eigenvalue weighted by Crippen LogP contribution is 2.06. The molecule has 0 aromatic rings. The van der Waals surface area contributed by atoms with Crippen molar-refractivity contribution in [3.05, 3.63) is 10.1 Å². The van der Waals surface area contributed by atoms with Gasteiger partial charge in [0.25, 0.3) is 0 Å². The van der Waals surface area contributed by atoms with E-state index in [1.165, 1.54) is 0 Å². The molecule has 6 heavy (non-hydrogen) atoms. The first kappa shape index (κ1) is 6.36. The van der Waals surface area contributed by atoms with Crippen molar-refractivity contribution in [3.8, 4) is 0 Å². The third kappa shape index (κ3) is 2.59. The minimum Gasteiger partial charge on any atom is -0.262 e. The molecule has 36 valence electrons. The Hall–Kier alpha value is 0.360. The normalized spacial score (nSPS) is 9.17. The van der Waals surface area contributed by atoms with Gasteiger partial charge in [-0.3, -0.25) is 10.1 Å². The number of rotatable bonds is 1. The first-order chi connectivity index (χ1) is 2.64. The van der Waals surface area contributed by atoms with Crippen molar-refractivity contribution in [2.45, 2.75) is 3.86 Å². The number of nitro groups is 1. The van der Waals surface area contributed by atoms with E-state index >= 15 is 0 Å². The van der Waals surface area contributed by atoms with Crippen LogP contribution >= 0.6 is 31.9 Å². The zero-order chi connectivity index (χ0) is 5.15. The topological polar surface area (TPSA) is 43.1 Å². The molecule has 0 saturated carbocycles. The van der Waals surface area contributed by atoms with Gasteiger partial charge in [-0.05, 0) is 0 Å². The molecular weight excluding hydrogens is 218 g/mol. The number of hydrogen-bond donors (Lipinski definition) is 0. The minimum atomic E-state index is -0.801. The molecule has 0 radical (unpaired) electrons. The molecule has 3 nitrogen and oxygen atoms in total. The van der Waals surface area contributed by atoms with E-state index in [0.29, 0.717) is 0 Å². The zero-order valence-electron chi connectivity index (χ0n) is 2.60. The summed E-state index contributed by atoms with van der Waals surface area (Å²) in [6.45, 7) is 0. The van der Waals surface area contributed by atoms with Crippen molar-refractivity contribution in [1.82, 2.24) is 0 Å². The average molecular weight is 219 g/mol. The Morgan fingerprint density at radius 1 is 1.67 bits per heavy atom. The van der Waals surface area contributed by atoms with Gasteiger partial charge < -0.3 is 0 Å². The van der Waals surface area contributed by atoms with Crippen LogP contribution in [0.4, 0.5) is 0 Å². The summed E-state index contributed by atoms with van der Waals surface area (Å²) < 4.78 is -0.801. The molecule has 0 aliphatic rings. The maximum Gasteiger partial charge on any atom is 0.318 e. The van der Waals surface area contributed by atoms with Crippen LogP contribution in [0.15, 0.2) is 0 Å². The van der Waals surface area contributed by atoms with Gasteiger partial charge in [-0.1, -0.05) is 0 Å². The summed E-state index contributed by atoms with van der Waals surface area (Å²) in [5, 5.41) is 9.41. The smallest absolute Gasteiger partial charge is 0.262 e. The SMILES string of the molecule is O=[N+]([O-])C(Br)Br. The van der Waals surface area contributed by atoms with E-state index in [-0.39, 0.29) is 0 Å². The Balaban J connectivity index is 3.26. The fourth-order valence-electron chi connectivity index (χ4n) is 0. The minimum absolute atomic E-state index is 0.500. The maximum atomic E-state index is 9.41. The van der Waals surface area contributed by atoms with Gasteiger partial charge in [-0.25, -0.2) is 0 Å². The monoisotopic (exact) mass is 217 g/mol. The molecule has 0 fully saturated rings. The fraction of sp³-hybridized carbons (Fsp3) is 1.00. The molecule has 0 rings (SSSR count). The van der Waals surface area contributed by atoms with Crippen molar-refractivity contribution in [3.63, 3.8) is 0 Å². The highest BCUT2D eigenvalue weighted by atomic mass is 79.9. The van der Waals surface area contributed by atoms with Crippen molar-refractivity contribution < 1.29 is 4.92 Å². The third-order valence-electron chi connectivity index (χ3n) is 0.159. The lowest BCUT2D eigenvalue weighted by molar-refractivity contribution is -0.466. The summed E-state index contributed by atoms with van der Waals surface area (Å²) in [4.78, 5) is 8.91. The summed E-state index contributed by atoms with van der Waals surface area (Å²) in [5.74, 6) is 0. The van der Waals surface area contributed by atoms with Crippen molar-refractivity contribution in [2.75, 3.05) is 0 Å². The molecule has 0 aromatic heterocycles. The van der Waals surface area contributed by atoms with Gasteiger partial charge in [-0.2, -0.15) is 0 Å². The lowest BCUT2D eigenvalue weighted by Gasteiger charge is -1.84. The first-order valence-corrected chi connectivity index (χ1v) is 2.89. The van der Waals surface area contributed by atoms with Crippen LogP contribution in [0.5, 0.6) is 0 Å². The summed E-state index contributed by atoms with van der Waals surface area (Å²) in [6, 6.07) is 0. The van der Waals surface area contributed by atoms with Gasteiger partial charge in [0.15, 0.2) is 0 Å². The van der Waals surface area contributed by atoms with E-state index in [2.05, 4.69) is 31.9 Å². The highest BCUT2D eigenvalue weighted by Gasteiger charge is 2.05. The van der Waals surface area contributed by atoms with Gasteiger partial charge in [0, 0.05) is 36.8 Å². The number of halogens is 2. The highest BCUT2D eigenvalue weighted by molar-refractivity contribution is 9.24. The predicted octanol–water partition coefficient (Wildman–Crippen LogP) is 1.34. The van der Waals surface area contributed by atoms with Crippen LogP contribution in [-0.2, 0) is 0 Å². The van der Waals surface area contributed by atoms with E-state index < -0.39 is 8.78 Å². The Labute approximate surface area is 51.1 Å². The molecule has 0 bridgehead atoms. The number of nitrogens with zero attached hydrogens (tertiary/aromatic N) is 1. The second-order valence-electron chi connectivity index (χ2n) is 0.563. The first-order valence-electron chi connectivity index (χ1n) is 1.06. The standard InChI is InChI=1S/CHBr2NO2/c2-1(3)4(5)6/h1H. The quantitative estimate of drug-likeness (QED) is 0.289. The molecule has 0 unspecified atom stereocenters. The molecular formula is CHBr2NO2. The van der Waals surface area contributed by atoms with E-state index in [9.17, 15) is 10.1 Å². The summed E-state index contributed by atoms with van der Waals surface area (Å²) >= 11 is 5.31. The van der Waals surface area contributed by atoms with Crippen molar-refractivity contribution in [2.24, 2.45) is 0 Å². The van der Waals surface area contributed by atoms with Gasteiger partial charge in [0.2, 0.25) is 0 Å². The second kappa shape index (κ2) is 2.52. The van der Waals surface area contributed by atoms with E-state index in [4.69, 9.17) is 0 Å². The van der Waals surface area contributed by atoms with Crippen molar-refractivity contribution >= 4 is 31.9 Å². The van der Waals surface area contributed by atoms with E-state index in [0.717, 1.165) is 0 Å². The largest absolute Gasteiger partial charge is 0.318 e.